The minimum Gasteiger partial charge on any atom is -0.308 e. The van der Waals surface area contributed by atoms with Crippen LogP contribution in [0.2, 0.25) is 10.0 Å². The molecule has 2 heterocycles. The summed E-state index contributed by atoms with van der Waals surface area (Å²) in [5.41, 5.74) is 4.95. The molecule has 0 atom stereocenters. The predicted octanol–water partition coefficient (Wildman–Crippen LogP) is 6.41. The van der Waals surface area contributed by atoms with E-state index < -0.39 is 0 Å². The summed E-state index contributed by atoms with van der Waals surface area (Å²) in [5.74, 6) is -0.0279. The highest BCUT2D eigenvalue weighted by Gasteiger charge is 2.27. The van der Waals surface area contributed by atoms with Gasteiger partial charge in [0.15, 0.2) is 0 Å². The highest BCUT2D eigenvalue weighted by Crippen LogP contribution is 2.34. The van der Waals surface area contributed by atoms with Crippen molar-refractivity contribution < 1.29 is 4.79 Å². The topological polar surface area (TPSA) is 33.2 Å². The van der Waals surface area contributed by atoms with Crippen LogP contribution in [0.4, 0.5) is 5.69 Å². The quantitative estimate of drug-likeness (QED) is 0.376. The number of hydrogen-bond acceptors (Lipinski definition) is 2. The first kappa shape index (κ1) is 18.2. The Morgan fingerprint density at radius 3 is 2.59 bits per heavy atom. The van der Waals surface area contributed by atoms with Crippen molar-refractivity contribution in [3.63, 3.8) is 0 Å². The maximum atomic E-state index is 13.6. The summed E-state index contributed by atoms with van der Waals surface area (Å²) < 4.78 is 0. The molecular formula is C24H16Cl2N2O. The maximum absolute atomic E-state index is 13.6. The lowest BCUT2D eigenvalue weighted by Gasteiger charge is -2.19. The molecule has 0 saturated heterocycles. The summed E-state index contributed by atoms with van der Waals surface area (Å²) in [7, 11) is 0. The second-order valence-corrected chi connectivity index (χ2v) is 7.88. The van der Waals surface area contributed by atoms with Crippen LogP contribution in [-0.4, -0.2) is 17.4 Å². The van der Waals surface area contributed by atoms with Crippen LogP contribution in [-0.2, 0) is 6.42 Å². The van der Waals surface area contributed by atoms with Gasteiger partial charge in [-0.25, -0.2) is 4.98 Å². The van der Waals surface area contributed by atoms with Gasteiger partial charge >= 0.3 is 0 Å². The second kappa shape index (κ2) is 7.18. The largest absolute Gasteiger partial charge is 0.308 e. The van der Waals surface area contributed by atoms with Crippen molar-refractivity contribution in [1.82, 2.24) is 4.98 Å². The molecule has 0 N–H and O–H groups in total. The standard InChI is InChI=1S/C24H16Cl2N2O/c25-16-9-10-18(20(26)13-16)22-14-19(17-6-2-3-7-21(17)27-22)24(29)28-12-11-15-5-1-4-8-23(15)28/h1-10,13-14H,11-12H2. The molecule has 4 aromatic rings. The van der Waals surface area contributed by atoms with E-state index >= 15 is 0 Å². The van der Waals surface area contributed by atoms with Crippen LogP contribution in [0, 0.1) is 0 Å². The van der Waals surface area contributed by atoms with E-state index in [1.165, 1.54) is 5.56 Å². The van der Waals surface area contributed by atoms with Gasteiger partial charge in [0.1, 0.15) is 0 Å². The van der Waals surface area contributed by atoms with E-state index in [4.69, 9.17) is 28.2 Å². The molecule has 3 nitrogen and oxygen atoms in total. The Balaban J connectivity index is 1.68. The van der Waals surface area contributed by atoms with E-state index in [1.54, 1.807) is 12.1 Å². The van der Waals surface area contributed by atoms with Crippen molar-refractivity contribution in [3.8, 4) is 11.3 Å². The van der Waals surface area contributed by atoms with Gasteiger partial charge < -0.3 is 4.90 Å². The molecule has 0 aliphatic carbocycles. The number of amides is 1. The average Bonchev–Trinajstić information content (AvgIpc) is 3.16. The number of nitrogens with zero attached hydrogens (tertiary/aromatic N) is 2. The number of carbonyl (C=O) groups excluding carboxylic acids is 1. The predicted molar refractivity (Wildman–Crippen MR) is 119 cm³/mol. The van der Waals surface area contributed by atoms with Crippen LogP contribution in [0.1, 0.15) is 15.9 Å². The summed E-state index contributed by atoms with van der Waals surface area (Å²) in [6.45, 7) is 0.672. The molecule has 29 heavy (non-hydrogen) atoms. The van der Waals surface area contributed by atoms with Crippen LogP contribution < -0.4 is 4.90 Å². The second-order valence-electron chi connectivity index (χ2n) is 7.03. The van der Waals surface area contributed by atoms with Crippen LogP contribution in [0.3, 0.4) is 0 Å². The Hall–Kier alpha value is -2.88. The zero-order chi connectivity index (χ0) is 20.0. The summed E-state index contributed by atoms with van der Waals surface area (Å²) in [4.78, 5) is 20.2. The molecule has 3 aromatic carbocycles. The number of aromatic nitrogens is 1. The maximum Gasteiger partial charge on any atom is 0.259 e. The minimum absolute atomic E-state index is 0.0279. The number of halogens is 2. The summed E-state index contributed by atoms with van der Waals surface area (Å²) in [6.07, 6.45) is 0.862. The molecule has 0 saturated carbocycles. The number of benzene rings is 3. The lowest BCUT2D eigenvalue weighted by Crippen LogP contribution is -2.29. The van der Waals surface area contributed by atoms with Gasteiger partial charge in [-0.2, -0.15) is 0 Å². The Bertz CT molecular complexity index is 1270. The molecule has 0 radical (unpaired) electrons. The van der Waals surface area contributed by atoms with Crippen LogP contribution in [0.5, 0.6) is 0 Å². The Labute approximate surface area is 178 Å². The van der Waals surface area contributed by atoms with E-state index in [9.17, 15) is 4.79 Å². The molecule has 0 unspecified atom stereocenters. The highest BCUT2D eigenvalue weighted by atomic mass is 35.5. The molecule has 1 aromatic heterocycles. The van der Waals surface area contributed by atoms with Gasteiger partial charge in [-0.1, -0.05) is 59.6 Å². The number of pyridine rings is 1. The lowest BCUT2D eigenvalue weighted by molar-refractivity contribution is 0.0991. The SMILES string of the molecule is O=C(c1cc(-c2ccc(Cl)cc2Cl)nc2ccccc12)N1CCc2ccccc21. The number of rotatable bonds is 2. The third kappa shape index (κ3) is 3.17. The van der Waals surface area contributed by atoms with Gasteiger partial charge in [0, 0.05) is 28.2 Å². The van der Waals surface area contributed by atoms with Crippen molar-refractivity contribution in [1.29, 1.82) is 0 Å². The van der Waals surface area contributed by atoms with Gasteiger partial charge in [-0.05, 0) is 48.4 Å². The van der Waals surface area contributed by atoms with E-state index in [2.05, 4.69) is 6.07 Å². The van der Waals surface area contributed by atoms with Crippen molar-refractivity contribution in [2.45, 2.75) is 6.42 Å². The van der Waals surface area contributed by atoms with Crippen LogP contribution >= 0.6 is 23.2 Å². The summed E-state index contributed by atoms with van der Waals surface area (Å²) in [5, 5.41) is 1.89. The molecule has 142 valence electrons. The summed E-state index contributed by atoms with van der Waals surface area (Å²) in [6, 6.07) is 22.9. The Kier molecular flexibility index (Phi) is 4.50. The van der Waals surface area contributed by atoms with Crippen molar-refractivity contribution in [2.24, 2.45) is 0 Å². The molecule has 5 heteroatoms. The molecule has 0 fully saturated rings. The van der Waals surface area contributed by atoms with Gasteiger partial charge in [0.05, 0.1) is 21.8 Å². The molecule has 1 aliphatic heterocycles. The normalized spacial score (nSPS) is 13.0. The Morgan fingerprint density at radius 2 is 1.72 bits per heavy atom. The lowest BCUT2D eigenvalue weighted by atomic mass is 10.0. The molecule has 0 spiro atoms. The Morgan fingerprint density at radius 1 is 0.931 bits per heavy atom. The summed E-state index contributed by atoms with van der Waals surface area (Å²) >= 11 is 12.5. The molecule has 1 aliphatic rings. The van der Waals surface area contributed by atoms with Gasteiger partial charge in [0.2, 0.25) is 0 Å². The van der Waals surface area contributed by atoms with Gasteiger partial charge in [0.25, 0.3) is 5.91 Å². The van der Waals surface area contributed by atoms with Gasteiger partial charge in [-0.3, -0.25) is 4.79 Å². The third-order valence-corrected chi connectivity index (χ3v) is 5.83. The molecule has 1 amide bonds. The van der Waals surface area contributed by atoms with Gasteiger partial charge in [-0.15, -0.1) is 0 Å². The zero-order valence-corrected chi connectivity index (χ0v) is 16.9. The number of para-hydroxylation sites is 2. The van der Waals surface area contributed by atoms with Crippen molar-refractivity contribution in [3.05, 3.63) is 94.0 Å². The van der Waals surface area contributed by atoms with Crippen LogP contribution in [0.25, 0.3) is 22.2 Å². The monoisotopic (exact) mass is 418 g/mol. The fourth-order valence-corrected chi connectivity index (χ4v) is 4.39. The number of hydrogen-bond donors (Lipinski definition) is 0. The minimum atomic E-state index is -0.0279. The van der Waals surface area contributed by atoms with E-state index in [0.717, 1.165) is 28.6 Å². The molecule has 5 rings (SSSR count). The molecular weight excluding hydrogens is 403 g/mol. The zero-order valence-electron chi connectivity index (χ0n) is 15.4. The fraction of sp³-hybridized carbons (Fsp3) is 0.0833. The van der Waals surface area contributed by atoms with Crippen LogP contribution in [0.15, 0.2) is 72.8 Å². The number of anilines is 1. The van der Waals surface area contributed by atoms with E-state index in [-0.39, 0.29) is 5.91 Å². The van der Waals surface area contributed by atoms with E-state index in [0.29, 0.717) is 27.8 Å². The number of carbonyl (C=O) groups is 1. The van der Waals surface area contributed by atoms with E-state index in [1.807, 2.05) is 59.5 Å². The van der Waals surface area contributed by atoms with Crippen molar-refractivity contribution in [2.75, 3.05) is 11.4 Å². The first-order chi connectivity index (χ1) is 14.1. The third-order valence-electron chi connectivity index (χ3n) is 5.29. The first-order valence-corrected chi connectivity index (χ1v) is 10.1. The fourth-order valence-electron chi connectivity index (χ4n) is 3.88. The highest BCUT2D eigenvalue weighted by molar-refractivity contribution is 6.36. The average molecular weight is 419 g/mol. The van der Waals surface area contributed by atoms with Crippen molar-refractivity contribution >= 4 is 45.7 Å². The first-order valence-electron chi connectivity index (χ1n) is 9.37. The molecule has 0 bridgehead atoms. The number of fused-ring (bicyclic) bond motifs is 2. The smallest absolute Gasteiger partial charge is 0.259 e.